The van der Waals surface area contributed by atoms with E-state index in [0.717, 1.165) is 6.42 Å². The monoisotopic (exact) mass is 221 g/mol. The molecule has 16 heavy (non-hydrogen) atoms. The molecule has 1 aromatic rings. The molecule has 1 amide bonds. The van der Waals surface area contributed by atoms with Crippen LogP contribution < -0.4 is 14.8 Å². The Morgan fingerprint density at radius 1 is 1.44 bits per heavy atom. The number of carbonyl (C=O) groups excluding carboxylic acids is 1. The highest BCUT2D eigenvalue weighted by molar-refractivity contribution is 5.71. The number of carbonyl (C=O) groups is 1. The second-order valence-electron chi connectivity index (χ2n) is 3.02. The number of hydrogen-bond donors (Lipinski definition) is 1. The summed E-state index contributed by atoms with van der Waals surface area (Å²) in [6.45, 7) is 1.98. The predicted molar refractivity (Wildman–Crippen MR) is 61.6 cm³/mol. The minimum absolute atomic E-state index is 0.446. The van der Waals surface area contributed by atoms with E-state index in [0.29, 0.717) is 11.5 Å². The number of ether oxygens (including phenoxy) is 2. The molecule has 0 heterocycles. The zero-order chi connectivity index (χ0) is 11.8. The Kier molecular flexibility index (Phi) is 4.92. The fourth-order valence-electron chi connectivity index (χ4n) is 1.05. The van der Waals surface area contributed by atoms with Crippen molar-refractivity contribution >= 4 is 6.09 Å². The molecule has 0 bridgehead atoms. The Morgan fingerprint density at radius 2 is 2.19 bits per heavy atom. The van der Waals surface area contributed by atoms with Gasteiger partial charge in [0.15, 0.2) is 0 Å². The molecule has 1 N–H and O–H groups in total. The highest BCUT2D eigenvalue weighted by Crippen LogP contribution is 2.18. The van der Waals surface area contributed by atoms with Gasteiger partial charge in [0.2, 0.25) is 0 Å². The summed E-state index contributed by atoms with van der Waals surface area (Å²) < 4.78 is 10.0. The van der Waals surface area contributed by atoms with Gasteiger partial charge in [0.25, 0.3) is 0 Å². The van der Waals surface area contributed by atoms with Crippen molar-refractivity contribution in [3.05, 3.63) is 36.5 Å². The third kappa shape index (κ3) is 4.04. The van der Waals surface area contributed by atoms with Gasteiger partial charge in [-0.2, -0.15) is 0 Å². The van der Waals surface area contributed by atoms with Crippen molar-refractivity contribution in [2.45, 2.75) is 13.3 Å². The first-order chi connectivity index (χ1) is 7.76. The maximum Gasteiger partial charge on any atom is 0.416 e. The summed E-state index contributed by atoms with van der Waals surface area (Å²) in [6.07, 6.45) is 3.73. The first-order valence-electron chi connectivity index (χ1n) is 5.03. The van der Waals surface area contributed by atoms with Crippen molar-refractivity contribution in [1.29, 1.82) is 0 Å². The lowest BCUT2D eigenvalue weighted by molar-refractivity contribution is 0.204. The van der Waals surface area contributed by atoms with E-state index >= 15 is 0 Å². The summed E-state index contributed by atoms with van der Waals surface area (Å²) in [5, 5.41) is 2.49. The zero-order valence-electron chi connectivity index (χ0n) is 9.40. The standard InChI is InChI=1S/C12H15NO3/c1-3-4-8-13-12(14)16-11-7-5-6-10(9-11)15-2/h4-9H,3H2,1-2H3,(H,13,14). The molecule has 0 aliphatic carbocycles. The average molecular weight is 221 g/mol. The molecule has 1 aromatic carbocycles. The van der Waals surface area contributed by atoms with Gasteiger partial charge in [-0.05, 0) is 18.6 Å². The molecule has 86 valence electrons. The summed E-state index contributed by atoms with van der Waals surface area (Å²) in [6, 6.07) is 6.86. The van der Waals surface area contributed by atoms with Gasteiger partial charge in [-0.1, -0.05) is 19.1 Å². The first kappa shape index (κ1) is 12.1. The lowest BCUT2D eigenvalue weighted by atomic mass is 10.3. The normalized spacial score (nSPS) is 10.1. The Bertz CT molecular complexity index is 374. The van der Waals surface area contributed by atoms with Crippen LogP contribution in [0.2, 0.25) is 0 Å². The molecule has 0 aromatic heterocycles. The van der Waals surface area contributed by atoms with E-state index in [-0.39, 0.29) is 0 Å². The molecule has 1 rings (SSSR count). The molecule has 0 saturated heterocycles. The molecule has 0 aliphatic heterocycles. The van der Waals surface area contributed by atoms with Crippen LogP contribution in [-0.4, -0.2) is 13.2 Å². The van der Waals surface area contributed by atoms with Crippen molar-refractivity contribution in [3.8, 4) is 11.5 Å². The smallest absolute Gasteiger partial charge is 0.416 e. The predicted octanol–water partition coefficient (Wildman–Crippen LogP) is 2.71. The van der Waals surface area contributed by atoms with Gasteiger partial charge in [-0.3, -0.25) is 5.32 Å². The fraction of sp³-hybridized carbons (Fsp3) is 0.250. The molecule has 0 fully saturated rings. The first-order valence-corrected chi connectivity index (χ1v) is 5.03. The summed E-state index contributed by atoms with van der Waals surface area (Å²) >= 11 is 0. The number of amides is 1. The van der Waals surface area contributed by atoms with E-state index in [1.165, 1.54) is 0 Å². The van der Waals surface area contributed by atoms with Crippen molar-refractivity contribution in [2.24, 2.45) is 0 Å². The quantitative estimate of drug-likeness (QED) is 0.850. The summed E-state index contributed by atoms with van der Waals surface area (Å²) in [4.78, 5) is 11.3. The molecule has 0 aliphatic rings. The molecule has 0 unspecified atom stereocenters. The number of methoxy groups -OCH3 is 1. The SMILES string of the molecule is CCC=CNC(=O)Oc1cccc(OC)c1. The van der Waals surface area contributed by atoms with E-state index in [1.807, 2.05) is 13.0 Å². The van der Waals surface area contributed by atoms with Crippen LogP contribution in [0, 0.1) is 0 Å². The summed E-state index contributed by atoms with van der Waals surface area (Å²) in [5.41, 5.74) is 0. The second-order valence-corrected chi connectivity index (χ2v) is 3.02. The molecule has 0 saturated carbocycles. The van der Waals surface area contributed by atoms with Crippen LogP contribution in [0.4, 0.5) is 4.79 Å². The fourth-order valence-corrected chi connectivity index (χ4v) is 1.05. The van der Waals surface area contributed by atoms with Crippen LogP contribution in [0.15, 0.2) is 36.5 Å². The minimum Gasteiger partial charge on any atom is -0.497 e. The molecular weight excluding hydrogens is 206 g/mol. The Labute approximate surface area is 94.9 Å². The summed E-state index contributed by atoms with van der Waals surface area (Å²) in [7, 11) is 1.56. The van der Waals surface area contributed by atoms with E-state index < -0.39 is 6.09 Å². The van der Waals surface area contributed by atoms with Crippen LogP contribution in [0.3, 0.4) is 0 Å². The Balaban J connectivity index is 2.52. The number of hydrogen-bond acceptors (Lipinski definition) is 3. The van der Waals surface area contributed by atoms with Crippen molar-refractivity contribution < 1.29 is 14.3 Å². The molecule has 0 spiro atoms. The Hall–Kier alpha value is -1.97. The van der Waals surface area contributed by atoms with E-state index in [9.17, 15) is 4.79 Å². The average Bonchev–Trinajstić information content (AvgIpc) is 2.29. The van der Waals surface area contributed by atoms with Gasteiger partial charge in [0, 0.05) is 12.3 Å². The summed E-state index contributed by atoms with van der Waals surface area (Å²) in [5.74, 6) is 1.09. The largest absolute Gasteiger partial charge is 0.497 e. The topological polar surface area (TPSA) is 47.6 Å². The number of allylic oxidation sites excluding steroid dienone is 1. The maximum absolute atomic E-state index is 11.3. The van der Waals surface area contributed by atoms with Crippen LogP contribution in [-0.2, 0) is 0 Å². The van der Waals surface area contributed by atoms with Gasteiger partial charge in [0.05, 0.1) is 7.11 Å². The number of benzene rings is 1. The molecular formula is C12H15NO3. The van der Waals surface area contributed by atoms with Crippen molar-refractivity contribution in [1.82, 2.24) is 5.32 Å². The van der Waals surface area contributed by atoms with Gasteiger partial charge in [0.1, 0.15) is 11.5 Å². The van der Waals surface area contributed by atoms with Crippen LogP contribution in [0.5, 0.6) is 11.5 Å². The van der Waals surface area contributed by atoms with E-state index in [1.54, 1.807) is 37.6 Å². The minimum atomic E-state index is -0.516. The van der Waals surface area contributed by atoms with Crippen LogP contribution in [0.1, 0.15) is 13.3 Å². The van der Waals surface area contributed by atoms with Crippen LogP contribution in [0.25, 0.3) is 0 Å². The highest BCUT2D eigenvalue weighted by Gasteiger charge is 2.02. The maximum atomic E-state index is 11.3. The molecule has 0 atom stereocenters. The third-order valence-electron chi connectivity index (χ3n) is 1.81. The lowest BCUT2D eigenvalue weighted by Gasteiger charge is -2.05. The van der Waals surface area contributed by atoms with E-state index in [4.69, 9.17) is 9.47 Å². The number of nitrogens with one attached hydrogen (secondary N) is 1. The molecule has 4 heteroatoms. The van der Waals surface area contributed by atoms with Gasteiger partial charge in [-0.15, -0.1) is 0 Å². The second kappa shape index (κ2) is 6.50. The van der Waals surface area contributed by atoms with Crippen molar-refractivity contribution in [3.63, 3.8) is 0 Å². The molecule has 0 radical (unpaired) electrons. The highest BCUT2D eigenvalue weighted by atomic mass is 16.6. The van der Waals surface area contributed by atoms with E-state index in [2.05, 4.69) is 5.32 Å². The molecule has 4 nitrogen and oxygen atoms in total. The van der Waals surface area contributed by atoms with Crippen LogP contribution >= 0.6 is 0 Å². The van der Waals surface area contributed by atoms with Gasteiger partial charge in [-0.25, -0.2) is 4.79 Å². The number of rotatable bonds is 4. The van der Waals surface area contributed by atoms with Gasteiger partial charge >= 0.3 is 6.09 Å². The van der Waals surface area contributed by atoms with Gasteiger partial charge < -0.3 is 9.47 Å². The zero-order valence-corrected chi connectivity index (χ0v) is 9.40. The lowest BCUT2D eigenvalue weighted by Crippen LogP contribution is -2.21. The third-order valence-corrected chi connectivity index (χ3v) is 1.81. The van der Waals surface area contributed by atoms with Crippen molar-refractivity contribution in [2.75, 3.05) is 7.11 Å². The Morgan fingerprint density at radius 3 is 2.88 bits per heavy atom.